The number of hydrogen-bond donors (Lipinski definition) is 1. The maximum absolute atomic E-state index is 5.04. The van der Waals surface area contributed by atoms with Crippen LogP contribution in [0.3, 0.4) is 0 Å². The molecule has 0 spiro atoms. The van der Waals surface area contributed by atoms with Crippen LogP contribution in [0.1, 0.15) is 26.7 Å². The lowest BCUT2D eigenvalue weighted by Gasteiger charge is -2.18. The molecule has 2 heteroatoms. The van der Waals surface area contributed by atoms with Gasteiger partial charge in [-0.3, -0.25) is 0 Å². The van der Waals surface area contributed by atoms with Gasteiger partial charge in [0.2, 0.25) is 0 Å². The van der Waals surface area contributed by atoms with E-state index in [0.29, 0.717) is 12.1 Å². The van der Waals surface area contributed by atoms with Gasteiger partial charge in [-0.2, -0.15) is 0 Å². The molecule has 1 fully saturated rings. The summed E-state index contributed by atoms with van der Waals surface area (Å²) in [7, 11) is 1.75. The highest BCUT2D eigenvalue weighted by molar-refractivity contribution is 4.84. The molecule has 0 amide bonds. The molecule has 66 valence electrons. The first kappa shape index (κ1) is 9.01. The van der Waals surface area contributed by atoms with Crippen LogP contribution in [0.15, 0.2) is 0 Å². The van der Waals surface area contributed by atoms with Gasteiger partial charge in [0.1, 0.15) is 0 Å². The SMILES string of the molecule is COC[C@@H](C)N[C@@H](C)C1CC1. The Hall–Kier alpha value is -0.0800. The van der Waals surface area contributed by atoms with Crippen LogP contribution in [0, 0.1) is 5.92 Å². The van der Waals surface area contributed by atoms with E-state index in [1.807, 2.05) is 0 Å². The lowest BCUT2D eigenvalue weighted by atomic mass is 10.2. The van der Waals surface area contributed by atoms with Gasteiger partial charge in [-0.15, -0.1) is 0 Å². The van der Waals surface area contributed by atoms with E-state index in [0.717, 1.165) is 12.5 Å². The summed E-state index contributed by atoms with van der Waals surface area (Å²) >= 11 is 0. The van der Waals surface area contributed by atoms with Crippen molar-refractivity contribution in [2.75, 3.05) is 13.7 Å². The van der Waals surface area contributed by atoms with Crippen molar-refractivity contribution in [3.63, 3.8) is 0 Å². The molecule has 1 saturated carbocycles. The van der Waals surface area contributed by atoms with Crippen LogP contribution in [0.25, 0.3) is 0 Å². The number of methoxy groups -OCH3 is 1. The number of nitrogens with one attached hydrogen (secondary N) is 1. The molecule has 0 aliphatic heterocycles. The molecular weight excluding hydrogens is 138 g/mol. The minimum absolute atomic E-state index is 0.496. The molecule has 0 aromatic rings. The van der Waals surface area contributed by atoms with Crippen molar-refractivity contribution in [1.82, 2.24) is 5.32 Å². The van der Waals surface area contributed by atoms with E-state index in [-0.39, 0.29) is 0 Å². The zero-order valence-corrected chi connectivity index (χ0v) is 7.76. The Labute approximate surface area is 69.3 Å². The van der Waals surface area contributed by atoms with Crippen LogP contribution in [-0.4, -0.2) is 25.8 Å². The first-order chi connectivity index (χ1) is 5.24. The number of ether oxygens (including phenoxy) is 1. The van der Waals surface area contributed by atoms with Gasteiger partial charge in [0, 0.05) is 19.2 Å². The van der Waals surface area contributed by atoms with Crippen LogP contribution in [-0.2, 0) is 4.74 Å². The molecule has 1 aliphatic carbocycles. The molecule has 0 aromatic carbocycles. The fourth-order valence-corrected chi connectivity index (χ4v) is 1.48. The van der Waals surface area contributed by atoms with Crippen molar-refractivity contribution in [3.05, 3.63) is 0 Å². The van der Waals surface area contributed by atoms with E-state index in [9.17, 15) is 0 Å². The smallest absolute Gasteiger partial charge is 0.0613 e. The second kappa shape index (κ2) is 4.07. The number of hydrogen-bond acceptors (Lipinski definition) is 2. The van der Waals surface area contributed by atoms with Gasteiger partial charge < -0.3 is 10.1 Å². The summed E-state index contributed by atoms with van der Waals surface area (Å²) in [6, 6.07) is 1.18. The van der Waals surface area contributed by atoms with Gasteiger partial charge in [-0.25, -0.2) is 0 Å². The van der Waals surface area contributed by atoms with Gasteiger partial charge >= 0.3 is 0 Å². The van der Waals surface area contributed by atoms with Gasteiger partial charge in [-0.1, -0.05) is 0 Å². The molecule has 1 aliphatic rings. The van der Waals surface area contributed by atoms with Crippen LogP contribution in [0.5, 0.6) is 0 Å². The van der Waals surface area contributed by atoms with Gasteiger partial charge in [0.25, 0.3) is 0 Å². The third kappa shape index (κ3) is 3.21. The Morgan fingerprint density at radius 1 is 1.45 bits per heavy atom. The fourth-order valence-electron chi connectivity index (χ4n) is 1.48. The maximum atomic E-state index is 5.04. The van der Waals surface area contributed by atoms with Crippen LogP contribution >= 0.6 is 0 Å². The highest BCUT2D eigenvalue weighted by Crippen LogP contribution is 2.32. The average Bonchev–Trinajstić information content (AvgIpc) is 2.67. The molecule has 0 heterocycles. The molecule has 0 saturated heterocycles. The molecule has 0 bridgehead atoms. The van der Waals surface area contributed by atoms with E-state index >= 15 is 0 Å². The predicted molar refractivity (Wildman–Crippen MR) is 46.7 cm³/mol. The molecule has 1 N–H and O–H groups in total. The van der Waals surface area contributed by atoms with E-state index < -0.39 is 0 Å². The second-order valence-electron chi connectivity index (χ2n) is 3.65. The standard InChI is InChI=1S/C9H19NO/c1-7(6-11-3)10-8(2)9-4-5-9/h7-10H,4-6H2,1-3H3/t7-,8+/m1/s1. The largest absolute Gasteiger partial charge is 0.383 e. The minimum atomic E-state index is 0.496. The summed E-state index contributed by atoms with van der Waals surface area (Å²) in [4.78, 5) is 0. The molecule has 11 heavy (non-hydrogen) atoms. The van der Waals surface area contributed by atoms with Crippen molar-refractivity contribution in [3.8, 4) is 0 Å². The highest BCUT2D eigenvalue weighted by atomic mass is 16.5. The molecule has 0 unspecified atom stereocenters. The normalized spacial score (nSPS) is 23.2. The zero-order chi connectivity index (χ0) is 8.27. The maximum Gasteiger partial charge on any atom is 0.0613 e. The van der Waals surface area contributed by atoms with Gasteiger partial charge in [-0.05, 0) is 32.6 Å². The van der Waals surface area contributed by atoms with Crippen molar-refractivity contribution >= 4 is 0 Å². The quantitative estimate of drug-likeness (QED) is 0.651. The van der Waals surface area contributed by atoms with E-state index in [4.69, 9.17) is 4.74 Å². The highest BCUT2D eigenvalue weighted by Gasteiger charge is 2.28. The second-order valence-corrected chi connectivity index (χ2v) is 3.65. The number of rotatable bonds is 5. The van der Waals surface area contributed by atoms with Crippen LogP contribution in [0.2, 0.25) is 0 Å². The summed E-state index contributed by atoms with van der Waals surface area (Å²) in [6.45, 7) is 5.25. The Kier molecular flexibility index (Phi) is 3.34. The van der Waals surface area contributed by atoms with E-state index in [2.05, 4.69) is 19.2 Å². The van der Waals surface area contributed by atoms with Crippen molar-refractivity contribution < 1.29 is 4.74 Å². The topological polar surface area (TPSA) is 21.3 Å². The van der Waals surface area contributed by atoms with E-state index in [1.54, 1.807) is 7.11 Å². The van der Waals surface area contributed by atoms with Crippen molar-refractivity contribution in [1.29, 1.82) is 0 Å². The average molecular weight is 157 g/mol. The Balaban J connectivity index is 2.07. The van der Waals surface area contributed by atoms with Crippen molar-refractivity contribution in [2.24, 2.45) is 5.92 Å². The Bertz CT molecular complexity index is 112. The van der Waals surface area contributed by atoms with E-state index in [1.165, 1.54) is 12.8 Å². The summed E-state index contributed by atoms with van der Waals surface area (Å²) in [5, 5.41) is 3.52. The third-order valence-corrected chi connectivity index (χ3v) is 2.29. The van der Waals surface area contributed by atoms with Gasteiger partial charge in [0.05, 0.1) is 6.61 Å². The van der Waals surface area contributed by atoms with Gasteiger partial charge in [0.15, 0.2) is 0 Å². The lowest BCUT2D eigenvalue weighted by Crippen LogP contribution is -2.38. The fraction of sp³-hybridized carbons (Fsp3) is 1.00. The molecular formula is C9H19NO. The first-order valence-electron chi connectivity index (χ1n) is 4.49. The zero-order valence-electron chi connectivity index (χ0n) is 7.76. The summed E-state index contributed by atoms with van der Waals surface area (Å²) in [6.07, 6.45) is 2.82. The molecule has 0 radical (unpaired) electrons. The van der Waals surface area contributed by atoms with Crippen LogP contribution < -0.4 is 5.32 Å². The minimum Gasteiger partial charge on any atom is -0.383 e. The molecule has 2 nitrogen and oxygen atoms in total. The molecule has 2 atom stereocenters. The summed E-state index contributed by atoms with van der Waals surface area (Å²) in [5.41, 5.74) is 0. The first-order valence-corrected chi connectivity index (χ1v) is 4.49. The van der Waals surface area contributed by atoms with Crippen molar-refractivity contribution in [2.45, 2.75) is 38.8 Å². The molecule has 0 aromatic heterocycles. The predicted octanol–water partition coefficient (Wildman–Crippen LogP) is 1.41. The summed E-state index contributed by atoms with van der Waals surface area (Å²) in [5.74, 6) is 0.939. The Morgan fingerprint density at radius 2 is 2.09 bits per heavy atom. The molecule has 1 rings (SSSR count). The third-order valence-electron chi connectivity index (χ3n) is 2.29. The monoisotopic (exact) mass is 157 g/mol. The summed E-state index contributed by atoms with van der Waals surface area (Å²) < 4.78 is 5.04. The Morgan fingerprint density at radius 3 is 2.55 bits per heavy atom. The lowest BCUT2D eigenvalue weighted by molar-refractivity contribution is 0.166. The van der Waals surface area contributed by atoms with Crippen LogP contribution in [0.4, 0.5) is 0 Å².